The molecule has 6 atom stereocenters. The lowest BCUT2D eigenvalue weighted by Gasteiger charge is -2.52. The van der Waals surface area contributed by atoms with Crippen LogP contribution in [0.25, 0.3) is 5.57 Å². The lowest BCUT2D eigenvalue weighted by atomic mass is 9.52. The second kappa shape index (κ2) is 8.64. The van der Waals surface area contributed by atoms with Gasteiger partial charge in [0.05, 0.1) is 17.5 Å². The van der Waals surface area contributed by atoms with Gasteiger partial charge in [-0.05, 0) is 57.3 Å². The van der Waals surface area contributed by atoms with Crippen LogP contribution in [0.4, 0.5) is 0 Å². The number of aliphatic hydroxyl groups is 1. The molecule has 10 nitrogen and oxygen atoms in total. The predicted octanol–water partition coefficient (Wildman–Crippen LogP) is 0.170. The molecule has 0 aromatic heterocycles. The molecule has 2 saturated carbocycles. The van der Waals surface area contributed by atoms with Crippen molar-refractivity contribution in [3.8, 4) is 5.75 Å². The Kier molecular flexibility index (Phi) is 5.88. The fraction of sp³-hybridized carbons (Fsp3) is 0.429. The fourth-order valence-electron chi connectivity index (χ4n) is 6.90. The zero-order valence-electron chi connectivity index (χ0n) is 21.2. The topological polar surface area (TPSA) is 172 Å². The van der Waals surface area contributed by atoms with Crippen LogP contribution in [0.15, 0.2) is 29.9 Å². The summed E-state index contributed by atoms with van der Waals surface area (Å²) in [7, 11) is 3.07. The maximum atomic E-state index is 13.9. The van der Waals surface area contributed by atoms with Crippen molar-refractivity contribution >= 4 is 40.4 Å². The minimum atomic E-state index is -2.76. The average Bonchev–Trinajstić information content (AvgIpc) is 3.31. The van der Waals surface area contributed by atoms with Crippen LogP contribution in [-0.4, -0.2) is 75.7 Å². The SMILES string of the molecule is CC(=O)C1=CCC=C1c1ccc2c(c1O)C(=O)C1C(=O)[C@]3(O)C(=O)C(C(N)=O)C(=O)[C@@H](N(C)C)[C@@H]3C[C@@H]1C2. The molecule has 4 aliphatic rings. The van der Waals surface area contributed by atoms with Gasteiger partial charge in [0, 0.05) is 17.1 Å². The van der Waals surface area contributed by atoms with E-state index in [2.05, 4.69) is 0 Å². The molecule has 0 saturated heterocycles. The Hall–Kier alpha value is -3.76. The Bertz CT molecular complexity index is 1420. The smallest absolute Gasteiger partial charge is 0.235 e. The van der Waals surface area contributed by atoms with Crippen molar-refractivity contribution in [2.24, 2.45) is 29.4 Å². The molecule has 5 rings (SSSR count). The Morgan fingerprint density at radius 2 is 1.76 bits per heavy atom. The Morgan fingerprint density at radius 3 is 2.37 bits per heavy atom. The van der Waals surface area contributed by atoms with Crippen molar-refractivity contribution < 1.29 is 39.0 Å². The van der Waals surface area contributed by atoms with Crippen molar-refractivity contribution in [3.63, 3.8) is 0 Å². The van der Waals surface area contributed by atoms with Crippen molar-refractivity contribution in [2.45, 2.75) is 37.8 Å². The summed E-state index contributed by atoms with van der Waals surface area (Å²) in [6.07, 6.45) is 4.15. The number of aromatic hydroxyl groups is 1. The van der Waals surface area contributed by atoms with Crippen LogP contribution in [0.3, 0.4) is 0 Å². The average molecular weight is 521 g/mol. The minimum Gasteiger partial charge on any atom is -0.507 e. The van der Waals surface area contributed by atoms with Gasteiger partial charge < -0.3 is 15.9 Å². The highest BCUT2D eigenvalue weighted by Gasteiger charge is 2.69. The van der Waals surface area contributed by atoms with Gasteiger partial charge in [-0.15, -0.1) is 0 Å². The van der Waals surface area contributed by atoms with Crippen molar-refractivity contribution in [1.82, 2.24) is 4.90 Å². The van der Waals surface area contributed by atoms with Crippen LogP contribution in [0.1, 0.15) is 41.3 Å². The summed E-state index contributed by atoms with van der Waals surface area (Å²) in [4.78, 5) is 79.7. The van der Waals surface area contributed by atoms with E-state index in [9.17, 15) is 39.0 Å². The van der Waals surface area contributed by atoms with E-state index in [0.29, 0.717) is 23.1 Å². The number of hydrogen-bond donors (Lipinski definition) is 3. The summed E-state index contributed by atoms with van der Waals surface area (Å²) in [5, 5.41) is 22.8. The molecule has 2 unspecified atom stereocenters. The monoisotopic (exact) mass is 520 g/mol. The van der Waals surface area contributed by atoms with E-state index in [-0.39, 0.29) is 35.5 Å². The van der Waals surface area contributed by atoms with Gasteiger partial charge in [0.25, 0.3) is 0 Å². The first-order valence-electron chi connectivity index (χ1n) is 12.4. The normalized spacial score (nSPS) is 32.4. The number of benzene rings is 1. The van der Waals surface area contributed by atoms with Gasteiger partial charge >= 0.3 is 0 Å². The quantitative estimate of drug-likeness (QED) is 0.468. The van der Waals surface area contributed by atoms with Gasteiger partial charge in [0.2, 0.25) is 5.91 Å². The van der Waals surface area contributed by atoms with E-state index in [1.54, 1.807) is 24.3 Å². The fourth-order valence-corrected chi connectivity index (χ4v) is 6.90. The number of hydrogen-bond acceptors (Lipinski definition) is 9. The number of carbonyl (C=O) groups excluding carboxylic acids is 6. The summed E-state index contributed by atoms with van der Waals surface area (Å²) < 4.78 is 0. The number of allylic oxidation sites excluding steroid dienone is 4. The number of Topliss-reactive ketones (excluding diaryl/α,β-unsaturated/α-hetero) is 5. The molecule has 1 aromatic carbocycles. The third-order valence-corrected chi connectivity index (χ3v) is 8.54. The Balaban J connectivity index is 1.61. The first-order chi connectivity index (χ1) is 17.8. The van der Waals surface area contributed by atoms with Crippen LogP contribution < -0.4 is 5.73 Å². The Labute approximate surface area is 218 Å². The zero-order chi connectivity index (χ0) is 27.8. The maximum Gasteiger partial charge on any atom is 0.235 e. The lowest BCUT2D eigenvalue weighted by Crippen LogP contribution is -2.74. The third kappa shape index (κ3) is 3.33. The number of amides is 1. The number of nitrogens with zero attached hydrogens (tertiary/aromatic N) is 1. The molecule has 0 bridgehead atoms. The van der Waals surface area contributed by atoms with Gasteiger partial charge in [-0.25, -0.2) is 0 Å². The molecule has 38 heavy (non-hydrogen) atoms. The summed E-state index contributed by atoms with van der Waals surface area (Å²) in [6, 6.07) is 2.16. The van der Waals surface area contributed by atoms with Gasteiger partial charge in [-0.3, -0.25) is 33.7 Å². The van der Waals surface area contributed by atoms with Crippen molar-refractivity contribution in [1.29, 1.82) is 0 Å². The second-order valence-electron chi connectivity index (χ2n) is 10.8. The first kappa shape index (κ1) is 25.9. The highest BCUT2D eigenvalue weighted by atomic mass is 16.3. The van der Waals surface area contributed by atoms with E-state index in [4.69, 9.17) is 5.73 Å². The number of rotatable bonds is 4. The van der Waals surface area contributed by atoms with Gasteiger partial charge in [0.15, 0.2) is 40.4 Å². The molecular formula is C28H28N2O8. The maximum absolute atomic E-state index is 13.9. The third-order valence-electron chi connectivity index (χ3n) is 8.54. The van der Waals surface area contributed by atoms with E-state index >= 15 is 0 Å². The van der Waals surface area contributed by atoms with Crippen molar-refractivity contribution in [2.75, 3.05) is 14.1 Å². The largest absolute Gasteiger partial charge is 0.507 e. The number of primary amides is 1. The summed E-state index contributed by atoms with van der Waals surface area (Å²) >= 11 is 0. The molecular weight excluding hydrogens is 492 g/mol. The van der Waals surface area contributed by atoms with Crippen LogP contribution in [0, 0.1) is 23.7 Å². The number of ketones is 5. The first-order valence-corrected chi connectivity index (χ1v) is 12.4. The van der Waals surface area contributed by atoms with Crippen molar-refractivity contribution in [3.05, 3.63) is 46.5 Å². The predicted molar refractivity (Wildman–Crippen MR) is 133 cm³/mol. The van der Waals surface area contributed by atoms with E-state index in [1.165, 1.54) is 25.9 Å². The number of fused-ring (bicyclic) bond motifs is 3. The van der Waals surface area contributed by atoms with Crippen LogP contribution in [0.5, 0.6) is 5.75 Å². The second-order valence-corrected chi connectivity index (χ2v) is 10.8. The highest BCUT2D eigenvalue weighted by Crippen LogP contribution is 2.51. The van der Waals surface area contributed by atoms with E-state index < -0.39 is 64.4 Å². The number of phenolic OH excluding ortho intramolecular Hbond substituents is 1. The lowest BCUT2D eigenvalue weighted by molar-refractivity contribution is -0.181. The minimum absolute atomic E-state index is 0.00517. The number of nitrogens with two attached hydrogens (primary N) is 1. The summed E-state index contributed by atoms with van der Waals surface area (Å²) in [6.45, 7) is 1.40. The van der Waals surface area contributed by atoms with Crippen LogP contribution in [0.2, 0.25) is 0 Å². The molecule has 4 N–H and O–H groups in total. The van der Waals surface area contributed by atoms with Crippen LogP contribution >= 0.6 is 0 Å². The highest BCUT2D eigenvalue weighted by molar-refractivity contribution is 6.32. The number of carbonyl (C=O) groups is 6. The molecule has 0 heterocycles. The molecule has 2 fully saturated rings. The molecule has 0 spiro atoms. The van der Waals surface area contributed by atoms with E-state index in [0.717, 1.165) is 0 Å². The number of likely N-dealkylation sites (N-methyl/N-ethyl adjacent to an activating group) is 1. The van der Waals surface area contributed by atoms with Crippen LogP contribution in [-0.2, 0) is 30.4 Å². The van der Waals surface area contributed by atoms with Gasteiger partial charge in [0.1, 0.15) is 5.75 Å². The summed E-state index contributed by atoms with van der Waals surface area (Å²) in [5.41, 5.74) is 4.14. The Morgan fingerprint density at radius 1 is 1.08 bits per heavy atom. The summed E-state index contributed by atoms with van der Waals surface area (Å²) in [5.74, 6) is -11.0. The molecule has 1 aromatic rings. The van der Waals surface area contributed by atoms with Gasteiger partial charge in [-0.1, -0.05) is 24.3 Å². The molecule has 1 amide bonds. The van der Waals surface area contributed by atoms with E-state index in [1.807, 2.05) is 0 Å². The van der Waals surface area contributed by atoms with Gasteiger partial charge in [-0.2, -0.15) is 0 Å². The molecule has 0 aliphatic heterocycles. The zero-order valence-corrected chi connectivity index (χ0v) is 21.2. The molecule has 10 heteroatoms. The standard InChI is InChI=1S/C28H28N2O8/c1-11(31)14-5-4-6-15(14)16-8-7-12-9-13-10-17-21(30(2)3)24(34)20(27(29)37)26(36)28(17,38)25(35)19(13)23(33)18(12)22(16)32/h5-8,13,17,19-21,32,38H,4,9-10H2,1-3H3,(H2,29,37)/t13-,17-,19?,20?,21-,28-/m0/s1. The molecule has 4 aliphatic carbocycles. The number of phenols is 1. The molecule has 198 valence electrons. The molecule has 0 radical (unpaired) electrons.